The Morgan fingerprint density at radius 3 is 1.97 bits per heavy atom. The molecule has 1 N–H and O–H groups in total. The standard InChI is InChI=1S/C54H51N3O2/c1-52(2,3)36-25-26-43(40(30-36)33-17-11-10-12-18-33)57-44-23-16-22-38(49(44)56-51(57)41-31-37(53(4,5)6)32-42(50(41)58)54(7,8)9)34-19-15-20-35(29-34)48-47-39-21-13-14-24-45(39)59-46(47)27-28-55-48/h10-32,58H,1-9H3. The number of pyridine rings is 1. The van der Waals surface area contributed by atoms with E-state index in [1.54, 1.807) is 0 Å². The maximum atomic E-state index is 12.4. The van der Waals surface area contributed by atoms with Crippen LogP contribution in [0.15, 0.2) is 144 Å². The summed E-state index contributed by atoms with van der Waals surface area (Å²) in [5.41, 5.74) is 13.9. The molecule has 0 unspecified atom stereocenters. The summed E-state index contributed by atoms with van der Waals surface area (Å²) in [4.78, 5) is 10.5. The number of nitrogens with zero attached hydrogens (tertiary/aromatic N) is 3. The van der Waals surface area contributed by atoms with Crippen LogP contribution in [0.3, 0.4) is 0 Å². The molecule has 0 aliphatic carbocycles. The van der Waals surface area contributed by atoms with Gasteiger partial charge in [-0.15, -0.1) is 0 Å². The van der Waals surface area contributed by atoms with E-state index in [9.17, 15) is 5.11 Å². The maximum absolute atomic E-state index is 12.4. The Morgan fingerprint density at radius 2 is 1.22 bits per heavy atom. The molecule has 0 radical (unpaired) electrons. The molecule has 0 saturated carbocycles. The predicted molar refractivity (Wildman–Crippen MR) is 246 cm³/mol. The van der Waals surface area contributed by atoms with Crippen molar-refractivity contribution in [1.29, 1.82) is 0 Å². The molecule has 6 aromatic carbocycles. The SMILES string of the molecule is CC(C)(C)c1ccc(-n2c(-c3cc(C(C)(C)C)cc(C(C)(C)C)c3O)nc3c(-c4cccc(-c5nccc6oc7ccccc7c56)c4)cccc32)c(-c2ccccc2)c1. The van der Waals surface area contributed by atoms with Crippen molar-refractivity contribution in [2.24, 2.45) is 0 Å². The zero-order valence-corrected chi connectivity index (χ0v) is 35.5. The number of fused-ring (bicyclic) bond motifs is 4. The molecule has 9 rings (SSSR count). The van der Waals surface area contributed by atoms with Crippen LogP contribution < -0.4 is 0 Å². The van der Waals surface area contributed by atoms with Crippen LogP contribution >= 0.6 is 0 Å². The summed E-state index contributed by atoms with van der Waals surface area (Å²) in [7, 11) is 0. The average molecular weight is 774 g/mol. The lowest BCUT2D eigenvalue weighted by Crippen LogP contribution is -2.17. The Morgan fingerprint density at radius 1 is 0.542 bits per heavy atom. The summed E-state index contributed by atoms with van der Waals surface area (Å²) in [6.45, 7) is 19.9. The highest BCUT2D eigenvalue weighted by Crippen LogP contribution is 2.46. The molecule has 9 aromatic rings. The summed E-state index contributed by atoms with van der Waals surface area (Å²) >= 11 is 0. The lowest BCUT2D eigenvalue weighted by molar-refractivity contribution is 0.446. The zero-order chi connectivity index (χ0) is 41.4. The van der Waals surface area contributed by atoms with Crippen molar-refractivity contribution in [3.8, 4) is 56.3 Å². The second-order valence-electron chi connectivity index (χ2n) is 18.9. The van der Waals surface area contributed by atoms with E-state index in [2.05, 4.69) is 176 Å². The lowest BCUT2D eigenvalue weighted by atomic mass is 9.79. The second kappa shape index (κ2) is 13.8. The normalized spacial score (nSPS) is 12.6. The number of imidazole rings is 1. The van der Waals surface area contributed by atoms with Gasteiger partial charge in [-0.1, -0.05) is 153 Å². The van der Waals surface area contributed by atoms with E-state index >= 15 is 0 Å². The van der Waals surface area contributed by atoms with Crippen LogP contribution in [0.5, 0.6) is 5.75 Å². The van der Waals surface area contributed by atoms with E-state index in [-0.39, 0.29) is 22.0 Å². The fourth-order valence-corrected chi connectivity index (χ4v) is 8.34. The minimum atomic E-state index is -0.316. The molecule has 0 bridgehead atoms. The highest BCUT2D eigenvalue weighted by atomic mass is 16.3. The largest absolute Gasteiger partial charge is 0.507 e. The molecule has 0 saturated heterocycles. The second-order valence-corrected chi connectivity index (χ2v) is 18.9. The number of hydrogen-bond donors (Lipinski definition) is 1. The lowest BCUT2D eigenvalue weighted by Gasteiger charge is -2.28. The van der Waals surface area contributed by atoms with Crippen molar-refractivity contribution in [2.45, 2.75) is 78.6 Å². The number of hydrogen-bond acceptors (Lipinski definition) is 4. The number of phenolic OH excluding ortho intramolecular Hbond substituents is 1. The van der Waals surface area contributed by atoms with Crippen LogP contribution in [0.1, 0.15) is 79.0 Å². The molecule has 0 fully saturated rings. The topological polar surface area (TPSA) is 64.1 Å². The van der Waals surface area contributed by atoms with Gasteiger partial charge in [0.05, 0.1) is 33.4 Å². The van der Waals surface area contributed by atoms with Crippen LogP contribution in [0, 0.1) is 0 Å². The Labute approximate surface area is 347 Å². The summed E-state index contributed by atoms with van der Waals surface area (Å²) < 4.78 is 8.52. The van der Waals surface area contributed by atoms with Crippen molar-refractivity contribution < 1.29 is 9.52 Å². The fraction of sp³-hybridized carbons (Fsp3) is 0.222. The molecule has 5 heteroatoms. The van der Waals surface area contributed by atoms with Crippen molar-refractivity contribution in [1.82, 2.24) is 14.5 Å². The Hall–Kier alpha value is -6.46. The van der Waals surface area contributed by atoms with E-state index in [0.29, 0.717) is 11.4 Å². The van der Waals surface area contributed by atoms with Gasteiger partial charge in [-0.05, 0) is 81.0 Å². The van der Waals surface area contributed by atoms with E-state index < -0.39 is 0 Å². The van der Waals surface area contributed by atoms with Gasteiger partial charge in [-0.2, -0.15) is 0 Å². The number of furan rings is 1. The first-order valence-electron chi connectivity index (χ1n) is 20.5. The van der Waals surface area contributed by atoms with Crippen LogP contribution in [0.2, 0.25) is 0 Å². The molecule has 5 nitrogen and oxygen atoms in total. The van der Waals surface area contributed by atoms with Crippen LogP contribution in [-0.2, 0) is 16.2 Å². The van der Waals surface area contributed by atoms with E-state index in [4.69, 9.17) is 14.4 Å². The zero-order valence-electron chi connectivity index (χ0n) is 35.5. The molecule has 0 aliphatic rings. The van der Waals surface area contributed by atoms with Gasteiger partial charge in [0.15, 0.2) is 0 Å². The van der Waals surface area contributed by atoms with E-state index in [0.717, 1.165) is 83.3 Å². The first kappa shape index (κ1) is 38.1. The highest BCUT2D eigenvalue weighted by Gasteiger charge is 2.30. The summed E-state index contributed by atoms with van der Waals surface area (Å²) in [6.07, 6.45) is 1.82. The van der Waals surface area contributed by atoms with Gasteiger partial charge >= 0.3 is 0 Å². The van der Waals surface area contributed by atoms with Crippen molar-refractivity contribution >= 4 is 33.0 Å². The van der Waals surface area contributed by atoms with Gasteiger partial charge in [0.1, 0.15) is 22.7 Å². The molecular formula is C54H51N3O2. The minimum absolute atomic E-state index is 0.0665. The number of aromatic hydroxyl groups is 1. The molecule has 0 atom stereocenters. The summed E-state index contributed by atoms with van der Waals surface area (Å²) in [6, 6.07) is 46.8. The van der Waals surface area contributed by atoms with Gasteiger partial charge in [-0.3, -0.25) is 9.55 Å². The first-order valence-corrected chi connectivity index (χ1v) is 20.5. The Kier molecular flexibility index (Phi) is 8.93. The smallest absolute Gasteiger partial charge is 0.149 e. The quantitative estimate of drug-likeness (QED) is 0.189. The third kappa shape index (κ3) is 6.69. The van der Waals surface area contributed by atoms with Crippen LogP contribution in [0.25, 0.3) is 83.6 Å². The molecular weight excluding hydrogens is 723 g/mol. The number of rotatable bonds is 5. The Balaban J connectivity index is 1.35. The molecule has 0 spiro atoms. The number of benzene rings is 6. The van der Waals surface area contributed by atoms with Gasteiger partial charge in [0.2, 0.25) is 0 Å². The van der Waals surface area contributed by atoms with Crippen LogP contribution in [-0.4, -0.2) is 19.6 Å². The molecule has 59 heavy (non-hydrogen) atoms. The summed E-state index contributed by atoms with van der Waals surface area (Å²) in [5.74, 6) is 0.944. The first-order chi connectivity index (χ1) is 28.1. The van der Waals surface area contributed by atoms with Gasteiger partial charge in [0, 0.05) is 33.8 Å². The van der Waals surface area contributed by atoms with E-state index in [1.165, 1.54) is 5.56 Å². The van der Waals surface area contributed by atoms with Gasteiger partial charge in [0.25, 0.3) is 0 Å². The maximum Gasteiger partial charge on any atom is 0.149 e. The molecule has 0 amide bonds. The monoisotopic (exact) mass is 773 g/mol. The Bertz CT molecular complexity index is 3050. The average Bonchev–Trinajstić information content (AvgIpc) is 3.79. The van der Waals surface area contributed by atoms with Gasteiger partial charge < -0.3 is 9.52 Å². The minimum Gasteiger partial charge on any atom is -0.507 e. The molecule has 3 aromatic heterocycles. The van der Waals surface area contributed by atoms with Crippen molar-refractivity contribution in [3.63, 3.8) is 0 Å². The fourth-order valence-electron chi connectivity index (χ4n) is 8.34. The van der Waals surface area contributed by atoms with Crippen molar-refractivity contribution in [2.75, 3.05) is 0 Å². The van der Waals surface area contributed by atoms with Crippen LogP contribution in [0.4, 0.5) is 0 Å². The van der Waals surface area contributed by atoms with Gasteiger partial charge in [-0.25, -0.2) is 4.98 Å². The molecule has 3 heterocycles. The number of phenols is 1. The number of aromatic nitrogens is 3. The third-order valence-electron chi connectivity index (χ3n) is 11.6. The third-order valence-corrected chi connectivity index (χ3v) is 11.6. The summed E-state index contributed by atoms with van der Waals surface area (Å²) in [5, 5.41) is 14.5. The van der Waals surface area contributed by atoms with Crippen molar-refractivity contribution in [3.05, 3.63) is 156 Å². The van der Waals surface area contributed by atoms with E-state index in [1.807, 2.05) is 30.5 Å². The molecule has 294 valence electrons. The molecule has 0 aliphatic heterocycles. The highest BCUT2D eigenvalue weighted by molar-refractivity contribution is 6.11. The number of para-hydroxylation sites is 2. The predicted octanol–water partition coefficient (Wildman–Crippen LogP) is 14.6.